The van der Waals surface area contributed by atoms with Crippen LogP contribution in [0.4, 0.5) is 5.82 Å². The summed E-state index contributed by atoms with van der Waals surface area (Å²) in [5.41, 5.74) is 4.82. The van der Waals surface area contributed by atoms with E-state index in [1.165, 1.54) is 11.1 Å². The molecule has 1 aromatic carbocycles. The van der Waals surface area contributed by atoms with Crippen molar-refractivity contribution in [1.29, 1.82) is 0 Å². The summed E-state index contributed by atoms with van der Waals surface area (Å²) in [5.74, 6) is 1.56. The van der Waals surface area contributed by atoms with Crippen molar-refractivity contribution < 1.29 is 9.53 Å². The van der Waals surface area contributed by atoms with Crippen molar-refractivity contribution in [3.8, 4) is 11.4 Å². The molecular weight excluding hydrogens is 442 g/mol. The molecule has 0 bridgehead atoms. The van der Waals surface area contributed by atoms with Crippen LogP contribution in [0.3, 0.4) is 0 Å². The second-order valence-corrected chi connectivity index (χ2v) is 8.80. The number of carbonyl (C=O) groups excluding carboxylic acids is 1. The molecule has 0 unspecified atom stereocenters. The molecule has 0 aliphatic carbocycles. The zero-order valence-corrected chi connectivity index (χ0v) is 19.7. The molecule has 1 fully saturated rings. The first-order valence-corrected chi connectivity index (χ1v) is 12.1. The van der Waals surface area contributed by atoms with Gasteiger partial charge in [0.05, 0.1) is 13.2 Å². The monoisotopic (exact) mass is 469 g/mol. The fraction of sp³-hybridized carbons (Fsp3) is 0.346. The van der Waals surface area contributed by atoms with Crippen molar-refractivity contribution in [1.82, 2.24) is 29.4 Å². The Hall–Kier alpha value is -3.85. The van der Waals surface area contributed by atoms with E-state index in [4.69, 9.17) is 19.7 Å². The number of nitrogens with zero attached hydrogens (tertiary/aromatic N) is 7. The Morgan fingerprint density at radius 1 is 0.971 bits per heavy atom. The van der Waals surface area contributed by atoms with Crippen molar-refractivity contribution in [2.24, 2.45) is 0 Å². The number of pyridine rings is 1. The molecule has 9 nitrogen and oxygen atoms in total. The number of fused-ring (bicyclic) bond motifs is 2. The molecule has 0 atom stereocenters. The highest BCUT2D eigenvalue weighted by molar-refractivity contribution is 5.95. The quantitative estimate of drug-likeness (QED) is 0.454. The maximum Gasteiger partial charge on any atom is 0.292 e. The van der Waals surface area contributed by atoms with Crippen LogP contribution in [0.25, 0.3) is 22.6 Å². The fourth-order valence-electron chi connectivity index (χ4n) is 4.91. The van der Waals surface area contributed by atoms with Gasteiger partial charge in [-0.1, -0.05) is 24.3 Å². The van der Waals surface area contributed by atoms with Gasteiger partial charge in [0.2, 0.25) is 5.82 Å². The molecule has 35 heavy (non-hydrogen) atoms. The summed E-state index contributed by atoms with van der Waals surface area (Å²) in [4.78, 5) is 36.4. The van der Waals surface area contributed by atoms with E-state index in [2.05, 4.69) is 33.5 Å². The van der Waals surface area contributed by atoms with Crippen LogP contribution in [0, 0.1) is 0 Å². The lowest BCUT2D eigenvalue weighted by molar-refractivity contribution is 0.0722. The number of hydrogen-bond acceptors (Lipinski definition) is 7. The van der Waals surface area contributed by atoms with E-state index in [0.717, 1.165) is 17.8 Å². The van der Waals surface area contributed by atoms with Gasteiger partial charge in [-0.25, -0.2) is 15.0 Å². The van der Waals surface area contributed by atoms with E-state index in [9.17, 15) is 4.79 Å². The Labute approximate surface area is 203 Å². The molecule has 0 saturated carbocycles. The minimum Gasteiger partial charge on any atom is -0.378 e. The highest BCUT2D eigenvalue weighted by Gasteiger charge is 2.28. The van der Waals surface area contributed by atoms with Crippen molar-refractivity contribution in [2.75, 3.05) is 37.7 Å². The van der Waals surface area contributed by atoms with Gasteiger partial charge in [-0.3, -0.25) is 9.78 Å². The number of hydrogen-bond donors (Lipinski definition) is 0. The number of rotatable bonds is 4. The summed E-state index contributed by atoms with van der Waals surface area (Å²) in [6.45, 7) is 6.56. The van der Waals surface area contributed by atoms with E-state index in [1.54, 1.807) is 12.4 Å². The van der Waals surface area contributed by atoms with Gasteiger partial charge in [0.25, 0.3) is 5.91 Å². The van der Waals surface area contributed by atoms with Crippen molar-refractivity contribution in [3.63, 3.8) is 0 Å². The van der Waals surface area contributed by atoms with Crippen LogP contribution in [0.1, 0.15) is 28.7 Å². The minimum absolute atomic E-state index is 0.148. The van der Waals surface area contributed by atoms with Crippen LogP contribution in [0.15, 0.2) is 48.8 Å². The molecule has 2 aliphatic rings. The standard InChI is InChI=1S/C26H27N7O2/c1-2-33-23(19-7-10-27-11-8-19)28-21-24(31-13-15-35-16-14-31)29-22(30-25(21)33)26(34)32-12-9-18-5-3-4-6-20(18)17-32/h3-8,10-11H,2,9,12-17H2,1H3. The van der Waals surface area contributed by atoms with Gasteiger partial charge in [-0.2, -0.15) is 0 Å². The van der Waals surface area contributed by atoms with Gasteiger partial charge in [0.15, 0.2) is 17.0 Å². The fourth-order valence-corrected chi connectivity index (χ4v) is 4.91. The molecule has 1 saturated heterocycles. The predicted octanol–water partition coefficient (Wildman–Crippen LogP) is 2.94. The van der Waals surface area contributed by atoms with Crippen molar-refractivity contribution in [3.05, 3.63) is 65.7 Å². The zero-order chi connectivity index (χ0) is 23.8. The van der Waals surface area contributed by atoms with Crippen LogP contribution in [0.5, 0.6) is 0 Å². The number of morpholine rings is 1. The molecule has 0 spiro atoms. The third-order valence-corrected chi connectivity index (χ3v) is 6.75. The molecule has 9 heteroatoms. The van der Waals surface area contributed by atoms with Crippen LogP contribution in [0.2, 0.25) is 0 Å². The van der Waals surface area contributed by atoms with Gasteiger partial charge >= 0.3 is 0 Å². The summed E-state index contributed by atoms with van der Waals surface area (Å²) in [7, 11) is 0. The van der Waals surface area contributed by atoms with E-state index in [0.29, 0.717) is 62.9 Å². The summed E-state index contributed by atoms with van der Waals surface area (Å²) >= 11 is 0. The number of carbonyl (C=O) groups is 1. The minimum atomic E-state index is -0.148. The number of imidazole rings is 1. The molecular formula is C26H27N7O2. The number of anilines is 1. The van der Waals surface area contributed by atoms with Gasteiger partial charge in [0.1, 0.15) is 5.82 Å². The molecule has 178 valence electrons. The molecule has 3 aromatic heterocycles. The van der Waals surface area contributed by atoms with E-state index >= 15 is 0 Å². The Balaban J connectivity index is 1.47. The first kappa shape index (κ1) is 21.7. The van der Waals surface area contributed by atoms with Crippen LogP contribution in [-0.4, -0.2) is 68.2 Å². The summed E-state index contributed by atoms with van der Waals surface area (Å²) in [5, 5.41) is 0. The number of benzene rings is 1. The van der Waals surface area contributed by atoms with E-state index in [-0.39, 0.29) is 11.7 Å². The maximum absolute atomic E-state index is 13.7. The Morgan fingerprint density at radius 2 is 1.74 bits per heavy atom. The third-order valence-electron chi connectivity index (χ3n) is 6.75. The molecule has 5 heterocycles. The number of ether oxygens (including phenoxy) is 1. The van der Waals surface area contributed by atoms with Crippen LogP contribution < -0.4 is 4.90 Å². The average molecular weight is 470 g/mol. The smallest absolute Gasteiger partial charge is 0.292 e. The predicted molar refractivity (Wildman–Crippen MR) is 132 cm³/mol. The first-order valence-electron chi connectivity index (χ1n) is 12.1. The molecule has 1 amide bonds. The number of aromatic nitrogens is 5. The van der Waals surface area contributed by atoms with Gasteiger partial charge in [-0.05, 0) is 36.6 Å². The van der Waals surface area contributed by atoms with E-state index < -0.39 is 0 Å². The summed E-state index contributed by atoms with van der Waals surface area (Å²) in [6, 6.07) is 12.2. The molecule has 2 aliphatic heterocycles. The largest absolute Gasteiger partial charge is 0.378 e. The summed E-state index contributed by atoms with van der Waals surface area (Å²) in [6.07, 6.45) is 4.35. The first-order chi connectivity index (χ1) is 17.2. The molecule has 0 N–H and O–H groups in total. The normalized spacial score (nSPS) is 15.9. The van der Waals surface area contributed by atoms with Gasteiger partial charge in [0, 0.05) is 50.7 Å². The second kappa shape index (κ2) is 9.07. The molecule has 4 aromatic rings. The third kappa shape index (κ3) is 3.91. The topological polar surface area (TPSA) is 89.3 Å². The lowest BCUT2D eigenvalue weighted by Gasteiger charge is -2.30. The zero-order valence-electron chi connectivity index (χ0n) is 19.7. The Morgan fingerprint density at radius 3 is 2.51 bits per heavy atom. The number of aryl methyl sites for hydroxylation is 1. The highest BCUT2D eigenvalue weighted by Crippen LogP contribution is 2.30. The lowest BCUT2D eigenvalue weighted by atomic mass is 10.00. The Bertz CT molecular complexity index is 1380. The van der Waals surface area contributed by atoms with E-state index in [1.807, 2.05) is 29.2 Å². The van der Waals surface area contributed by atoms with Crippen LogP contribution in [-0.2, 0) is 24.2 Å². The SMILES string of the molecule is CCn1c(-c2ccncc2)nc2c(N3CCOCC3)nc(C(=O)N3CCc4ccccc4C3)nc21. The van der Waals surface area contributed by atoms with Gasteiger partial charge < -0.3 is 19.1 Å². The summed E-state index contributed by atoms with van der Waals surface area (Å²) < 4.78 is 7.62. The maximum atomic E-state index is 13.7. The molecule has 0 radical (unpaired) electrons. The van der Waals surface area contributed by atoms with Crippen LogP contribution >= 0.6 is 0 Å². The van der Waals surface area contributed by atoms with Gasteiger partial charge in [-0.15, -0.1) is 0 Å². The number of amides is 1. The Kier molecular flexibility index (Phi) is 5.61. The average Bonchev–Trinajstić information content (AvgIpc) is 3.31. The highest BCUT2D eigenvalue weighted by atomic mass is 16.5. The second-order valence-electron chi connectivity index (χ2n) is 8.80. The van der Waals surface area contributed by atoms with Crippen molar-refractivity contribution >= 4 is 22.9 Å². The van der Waals surface area contributed by atoms with Crippen molar-refractivity contribution in [2.45, 2.75) is 26.4 Å². The molecule has 6 rings (SSSR count). The lowest BCUT2D eigenvalue weighted by Crippen LogP contribution is -2.39.